The molecule has 0 radical (unpaired) electrons. The molecule has 1 aliphatic rings. The number of nitrogens with zero attached hydrogens (tertiary/aromatic N) is 1. The fourth-order valence-corrected chi connectivity index (χ4v) is 2.95. The van der Waals surface area contributed by atoms with Crippen LogP contribution in [0.4, 0.5) is 0 Å². The van der Waals surface area contributed by atoms with Crippen molar-refractivity contribution in [1.29, 1.82) is 0 Å². The molecule has 0 bridgehead atoms. The summed E-state index contributed by atoms with van der Waals surface area (Å²) >= 11 is 0. The molecule has 1 atom stereocenters. The maximum absolute atomic E-state index is 12.4. The molecule has 1 heterocycles. The van der Waals surface area contributed by atoms with E-state index in [-0.39, 0.29) is 11.5 Å². The van der Waals surface area contributed by atoms with E-state index in [9.17, 15) is 4.79 Å². The van der Waals surface area contributed by atoms with Crippen LogP contribution >= 0.6 is 0 Å². The normalized spacial score (nSPS) is 17.8. The van der Waals surface area contributed by atoms with Gasteiger partial charge < -0.3 is 14.3 Å². The number of oxime groups is 1. The molecule has 2 aromatic carbocycles. The fourth-order valence-electron chi connectivity index (χ4n) is 2.95. The minimum Gasteiger partial charge on any atom is -0.497 e. The van der Waals surface area contributed by atoms with E-state index in [0.717, 1.165) is 11.1 Å². The van der Waals surface area contributed by atoms with Crippen LogP contribution in [0.3, 0.4) is 0 Å². The van der Waals surface area contributed by atoms with Crippen LogP contribution < -0.4 is 9.47 Å². The van der Waals surface area contributed by atoms with Gasteiger partial charge in [0.2, 0.25) is 0 Å². The predicted molar refractivity (Wildman–Crippen MR) is 105 cm³/mol. The van der Waals surface area contributed by atoms with Crippen molar-refractivity contribution in [3.63, 3.8) is 0 Å². The SMILES string of the molecule is COc1ccc2c(c1)O[C@@H](C)C/C2=N\OC(=O)c1ccc(C(C)(C)C)cc1. The summed E-state index contributed by atoms with van der Waals surface area (Å²) in [4.78, 5) is 17.6. The quantitative estimate of drug-likeness (QED) is 0.581. The zero-order valence-electron chi connectivity index (χ0n) is 16.4. The summed E-state index contributed by atoms with van der Waals surface area (Å²) in [6.07, 6.45) is 0.503. The van der Waals surface area contributed by atoms with Crippen molar-refractivity contribution >= 4 is 11.7 Å². The van der Waals surface area contributed by atoms with E-state index >= 15 is 0 Å². The number of methoxy groups -OCH3 is 1. The van der Waals surface area contributed by atoms with E-state index in [0.29, 0.717) is 29.2 Å². The van der Waals surface area contributed by atoms with Gasteiger partial charge in [0, 0.05) is 18.1 Å². The average Bonchev–Trinajstić information content (AvgIpc) is 2.64. The number of carbonyl (C=O) groups excluding carboxylic acids is 1. The van der Waals surface area contributed by atoms with Crippen LogP contribution in [0, 0.1) is 0 Å². The number of ether oxygens (including phenoxy) is 2. The smallest absolute Gasteiger partial charge is 0.365 e. The molecule has 0 unspecified atom stereocenters. The van der Waals surface area contributed by atoms with Crippen LogP contribution in [0.1, 0.15) is 55.6 Å². The summed E-state index contributed by atoms with van der Waals surface area (Å²) in [5, 5.41) is 4.12. The second-order valence-electron chi connectivity index (χ2n) is 7.74. The molecule has 1 aliphatic heterocycles. The molecule has 5 nitrogen and oxygen atoms in total. The molecule has 0 aromatic heterocycles. The lowest BCUT2D eigenvalue weighted by Crippen LogP contribution is -2.25. The Labute approximate surface area is 159 Å². The van der Waals surface area contributed by atoms with Gasteiger partial charge in [-0.3, -0.25) is 0 Å². The third-order valence-corrected chi connectivity index (χ3v) is 4.53. The third-order valence-electron chi connectivity index (χ3n) is 4.53. The van der Waals surface area contributed by atoms with Gasteiger partial charge in [-0.1, -0.05) is 38.1 Å². The lowest BCUT2D eigenvalue weighted by molar-refractivity contribution is 0.0513. The van der Waals surface area contributed by atoms with Gasteiger partial charge >= 0.3 is 5.97 Å². The Morgan fingerprint density at radius 2 is 1.85 bits per heavy atom. The van der Waals surface area contributed by atoms with Gasteiger partial charge in [0.05, 0.1) is 18.4 Å². The van der Waals surface area contributed by atoms with Crippen molar-refractivity contribution in [2.75, 3.05) is 7.11 Å². The molecule has 142 valence electrons. The molecular weight excluding hydrogens is 342 g/mol. The maximum Gasteiger partial charge on any atom is 0.365 e. The number of hydrogen-bond donors (Lipinski definition) is 0. The van der Waals surface area contributed by atoms with Crippen molar-refractivity contribution in [2.24, 2.45) is 5.16 Å². The molecule has 5 heteroatoms. The highest BCUT2D eigenvalue weighted by molar-refractivity contribution is 6.04. The lowest BCUT2D eigenvalue weighted by atomic mass is 9.87. The average molecular weight is 367 g/mol. The summed E-state index contributed by atoms with van der Waals surface area (Å²) in [5.41, 5.74) is 3.16. The molecule has 0 N–H and O–H groups in total. The van der Waals surface area contributed by atoms with E-state index in [1.165, 1.54) is 0 Å². The number of fused-ring (bicyclic) bond motifs is 1. The van der Waals surface area contributed by atoms with Crippen molar-refractivity contribution in [3.8, 4) is 11.5 Å². The van der Waals surface area contributed by atoms with Crippen molar-refractivity contribution < 1.29 is 19.1 Å². The highest BCUT2D eigenvalue weighted by Gasteiger charge is 2.24. The Morgan fingerprint density at radius 1 is 1.15 bits per heavy atom. The summed E-state index contributed by atoms with van der Waals surface area (Å²) in [6, 6.07) is 13.0. The molecule has 0 amide bonds. The molecule has 2 aromatic rings. The number of benzene rings is 2. The molecule has 0 fully saturated rings. The molecule has 0 saturated heterocycles. The van der Waals surface area contributed by atoms with Crippen molar-refractivity contribution in [1.82, 2.24) is 0 Å². The van der Waals surface area contributed by atoms with Gasteiger partial charge in [-0.05, 0) is 42.2 Å². The maximum atomic E-state index is 12.4. The van der Waals surface area contributed by atoms with E-state index in [4.69, 9.17) is 14.3 Å². The second-order valence-corrected chi connectivity index (χ2v) is 7.74. The third kappa shape index (κ3) is 4.30. The molecule has 0 saturated carbocycles. The molecule has 0 aliphatic carbocycles. The molecule has 27 heavy (non-hydrogen) atoms. The Kier molecular flexibility index (Phi) is 5.22. The van der Waals surface area contributed by atoms with E-state index in [2.05, 4.69) is 25.9 Å². The monoisotopic (exact) mass is 367 g/mol. The van der Waals surface area contributed by atoms with Gasteiger partial charge in [0.1, 0.15) is 17.6 Å². The predicted octanol–water partition coefficient (Wildman–Crippen LogP) is 4.72. The standard InChI is InChI=1S/C22H25NO4/c1-14-12-19(18-11-10-17(25-5)13-20(18)26-14)23-27-21(24)15-6-8-16(9-7-15)22(2,3)4/h6-11,13-14H,12H2,1-5H3/b23-19+/t14-/m0/s1. The molecule has 3 rings (SSSR count). The fraction of sp³-hybridized carbons (Fsp3) is 0.364. The van der Waals surface area contributed by atoms with Crippen LogP contribution in [-0.4, -0.2) is 24.9 Å². The zero-order valence-corrected chi connectivity index (χ0v) is 16.4. The Balaban J connectivity index is 1.79. The van der Waals surface area contributed by atoms with E-state index in [1.54, 1.807) is 19.2 Å². The van der Waals surface area contributed by atoms with E-state index in [1.807, 2.05) is 37.3 Å². The minimum absolute atomic E-state index is 0.0334. The minimum atomic E-state index is -0.475. The first-order valence-corrected chi connectivity index (χ1v) is 9.02. The van der Waals surface area contributed by atoms with Gasteiger partial charge in [-0.25, -0.2) is 4.79 Å². The highest BCUT2D eigenvalue weighted by Crippen LogP contribution is 2.32. The van der Waals surface area contributed by atoms with Crippen LogP contribution in [-0.2, 0) is 10.3 Å². The summed E-state index contributed by atoms with van der Waals surface area (Å²) in [7, 11) is 1.61. The largest absolute Gasteiger partial charge is 0.497 e. The molecular formula is C22H25NO4. The van der Waals surface area contributed by atoms with Gasteiger partial charge in [-0.2, -0.15) is 0 Å². The topological polar surface area (TPSA) is 57.1 Å². The number of hydrogen-bond acceptors (Lipinski definition) is 5. The van der Waals surface area contributed by atoms with Gasteiger partial charge in [0.25, 0.3) is 0 Å². The van der Waals surface area contributed by atoms with E-state index < -0.39 is 5.97 Å². The summed E-state index contributed by atoms with van der Waals surface area (Å²) in [6.45, 7) is 8.34. The van der Waals surface area contributed by atoms with Crippen molar-refractivity contribution in [3.05, 3.63) is 59.2 Å². The van der Waals surface area contributed by atoms with Gasteiger partial charge in [0.15, 0.2) is 0 Å². The van der Waals surface area contributed by atoms with Crippen molar-refractivity contribution in [2.45, 2.75) is 45.6 Å². The van der Waals surface area contributed by atoms with Crippen LogP contribution in [0.25, 0.3) is 0 Å². The summed E-state index contributed by atoms with van der Waals surface area (Å²) in [5.74, 6) is 0.910. The summed E-state index contributed by atoms with van der Waals surface area (Å²) < 4.78 is 11.1. The Morgan fingerprint density at radius 3 is 2.48 bits per heavy atom. The van der Waals surface area contributed by atoms with Gasteiger partial charge in [-0.15, -0.1) is 0 Å². The molecule has 0 spiro atoms. The first-order valence-electron chi connectivity index (χ1n) is 9.02. The Bertz CT molecular complexity index is 863. The Hall–Kier alpha value is -2.82. The first kappa shape index (κ1) is 19.0. The van der Waals surface area contributed by atoms with Crippen LogP contribution in [0.2, 0.25) is 0 Å². The highest BCUT2D eigenvalue weighted by atomic mass is 16.7. The number of rotatable bonds is 3. The lowest BCUT2D eigenvalue weighted by Gasteiger charge is -2.24. The van der Waals surface area contributed by atoms with Crippen LogP contribution in [0.5, 0.6) is 11.5 Å². The second kappa shape index (κ2) is 7.43. The van der Waals surface area contributed by atoms with Crippen LogP contribution in [0.15, 0.2) is 47.6 Å². The zero-order chi connectivity index (χ0) is 19.6. The first-order chi connectivity index (χ1) is 12.8. The number of carbonyl (C=O) groups is 1.